The molecular weight excluding hydrogens is 593 g/mol. The Kier molecular flexibility index (Phi) is 10.8. The largest absolute Gasteiger partial charge is 0.497 e. The smallest absolute Gasteiger partial charge is 0.391 e. The molecule has 4 rings (SSSR count). The van der Waals surface area contributed by atoms with E-state index in [1.54, 1.807) is 36.1 Å². The molecule has 2 aliphatic heterocycles. The van der Waals surface area contributed by atoms with Gasteiger partial charge >= 0.3 is 6.18 Å². The zero-order valence-corrected chi connectivity index (χ0v) is 26.2. The molecule has 3 amide bonds. The summed E-state index contributed by atoms with van der Waals surface area (Å²) < 4.78 is 49.9. The van der Waals surface area contributed by atoms with Crippen LogP contribution in [0.1, 0.15) is 64.4 Å². The average Bonchev–Trinajstić information content (AvgIpc) is 3.52. The highest BCUT2D eigenvalue weighted by Gasteiger charge is 2.58. The number of amides is 3. The van der Waals surface area contributed by atoms with Gasteiger partial charge in [0.1, 0.15) is 22.9 Å². The zero-order chi connectivity index (χ0) is 33.0. The van der Waals surface area contributed by atoms with Crippen LogP contribution in [0.15, 0.2) is 24.3 Å². The number of primary amides is 1. The highest BCUT2D eigenvalue weighted by molar-refractivity contribution is 6.01. The number of alkyl halides is 3. The van der Waals surface area contributed by atoms with Gasteiger partial charge in [0.15, 0.2) is 5.78 Å². The monoisotopic (exact) mass is 638 g/mol. The van der Waals surface area contributed by atoms with Gasteiger partial charge < -0.3 is 25.8 Å². The zero-order valence-electron chi connectivity index (χ0n) is 26.2. The Balaban J connectivity index is 1.55. The van der Waals surface area contributed by atoms with Gasteiger partial charge in [-0.1, -0.05) is 37.8 Å². The number of halogens is 3. The molecule has 0 spiro atoms. The van der Waals surface area contributed by atoms with Crippen molar-refractivity contribution in [2.45, 2.75) is 88.6 Å². The maximum Gasteiger partial charge on any atom is 0.391 e. The van der Waals surface area contributed by atoms with Crippen LogP contribution in [0.4, 0.5) is 13.2 Å². The summed E-state index contributed by atoms with van der Waals surface area (Å²) >= 11 is 0. The Bertz CT molecular complexity index is 1220. The first kappa shape index (κ1) is 34.7. The lowest BCUT2D eigenvalue weighted by Crippen LogP contribution is -2.68. The van der Waals surface area contributed by atoms with Gasteiger partial charge in [-0.05, 0) is 69.8 Å². The van der Waals surface area contributed by atoms with Crippen molar-refractivity contribution in [3.05, 3.63) is 29.8 Å². The third kappa shape index (κ3) is 8.55. The van der Waals surface area contributed by atoms with Crippen molar-refractivity contribution < 1.29 is 41.8 Å². The number of carbonyl (C=O) groups excluding carboxylic acids is 4. The van der Waals surface area contributed by atoms with E-state index in [1.807, 2.05) is 0 Å². The van der Waals surface area contributed by atoms with E-state index in [0.717, 1.165) is 25.7 Å². The number of hydrogen-bond donors (Lipinski definition) is 3. The van der Waals surface area contributed by atoms with Crippen LogP contribution >= 0.6 is 0 Å². The summed E-state index contributed by atoms with van der Waals surface area (Å²) in [5.74, 6) is -4.07. The molecule has 0 radical (unpaired) electrons. The van der Waals surface area contributed by atoms with Gasteiger partial charge in [0.2, 0.25) is 17.7 Å². The Morgan fingerprint density at radius 2 is 1.69 bits per heavy atom. The van der Waals surface area contributed by atoms with E-state index in [9.17, 15) is 32.3 Å². The number of nitrogens with zero attached hydrogens (tertiary/aromatic N) is 1. The highest BCUT2D eigenvalue weighted by Crippen LogP contribution is 2.41. The Hall–Kier alpha value is -3.19. The highest BCUT2D eigenvalue weighted by atomic mass is 19.4. The summed E-state index contributed by atoms with van der Waals surface area (Å²) in [5, 5.41) is 5.42. The minimum Gasteiger partial charge on any atom is -0.497 e. The molecule has 4 atom stereocenters. The van der Waals surface area contributed by atoms with Gasteiger partial charge in [0.05, 0.1) is 32.1 Å². The van der Waals surface area contributed by atoms with E-state index in [-0.39, 0.29) is 57.2 Å². The standard InChI is InChI=1S/C32H45F3N4O6/c1-20(37-26(40)18-39-14-12-23(13-15-39)32(33,34)35)28(42)38-31(29(36)43,17-22-8-10-24(44-3)11-9-22)25(16-21-6-4-5-7-21)27(41)30(2)19-45-30/h8-11,20-21,23,25H,4-7,12-19H2,1-3H3,(H2,36,43)(H,37,40)(H,38,42)/t20-,25+,30+,31?/m0/s1. The summed E-state index contributed by atoms with van der Waals surface area (Å²) in [4.78, 5) is 55.8. The summed E-state index contributed by atoms with van der Waals surface area (Å²) in [6.45, 7) is 3.35. The molecule has 3 fully saturated rings. The average molecular weight is 639 g/mol. The number of benzene rings is 1. The molecule has 1 saturated carbocycles. The van der Waals surface area contributed by atoms with Gasteiger partial charge in [-0.3, -0.25) is 24.1 Å². The molecule has 3 aliphatic rings. The number of ketones is 1. The molecule has 1 aromatic carbocycles. The second kappa shape index (κ2) is 14.1. The number of Topliss-reactive ketones (excluding diaryl/α,β-unsaturated/α-hetero) is 1. The van der Waals surface area contributed by atoms with Crippen molar-refractivity contribution in [2.75, 3.05) is 33.4 Å². The molecule has 13 heteroatoms. The van der Waals surface area contributed by atoms with Crippen molar-refractivity contribution in [2.24, 2.45) is 23.5 Å². The molecule has 0 bridgehead atoms. The fourth-order valence-electron chi connectivity index (χ4n) is 6.67. The molecule has 1 aliphatic carbocycles. The van der Waals surface area contributed by atoms with E-state index in [2.05, 4.69) is 10.6 Å². The van der Waals surface area contributed by atoms with Crippen LogP contribution in [0.3, 0.4) is 0 Å². The molecule has 2 saturated heterocycles. The van der Waals surface area contributed by atoms with E-state index in [0.29, 0.717) is 17.7 Å². The predicted molar refractivity (Wildman–Crippen MR) is 159 cm³/mol. The molecule has 10 nitrogen and oxygen atoms in total. The number of methoxy groups -OCH3 is 1. The first-order chi connectivity index (χ1) is 21.2. The Morgan fingerprint density at radius 3 is 2.20 bits per heavy atom. The number of nitrogens with two attached hydrogens (primary N) is 1. The van der Waals surface area contributed by atoms with Gasteiger partial charge in [-0.25, -0.2) is 0 Å². The van der Waals surface area contributed by atoms with Gasteiger partial charge in [0.25, 0.3) is 0 Å². The maximum atomic E-state index is 14.0. The van der Waals surface area contributed by atoms with Gasteiger partial charge in [-0.2, -0.15) is 13.2 Å². The fourth-order valence-corrected chi connectivity index (χ4v) is 6.67. The minimum absolute atomic E-state index is 0.0773. The molecule has 250 valence electrons. The number of carbonyl (C=O) groups is 4. The number of nitrogens with one attached hydrogen (secondary N) is 2. The second-order valence-electron chi connectivity index (χ2n) is 13.1. The molecular formula is C32H45F3N4O6. The predicted octanol–water partition coefficient (Wildman–Crippen LogP) is 2.91. The maximum absolute atomic E-state index is 14.0. The summed E-state index contributed by atoms with van der Waals surface area (Å²) in [6.07, 6.45) is -0.414. The van der Waals surface area contributed by atoms with Crippen LogP contribution in [0.2, 0.25) is 0 Å². The topological polar surface area (TPSA) is 143 Å². The Labute approximate surface area is 261 Å². The lowest BCUT2D eigenvalue weighted by molar-refractivity contribution is -0.185. The second-order valence-corrected chi connectivity index (χ2v) is 13.1. The summed E-state index contributed by atoms with van der Waals surface area (Å²) in [5.41, 5.74) is 3.84. The fraction of sp³-hybridized carbons (Fsp3) is 0.688. The van der Waals surface area contributed by atoms with E-state index < -0.39 is 52.9 Å². The van der Waals surface area contributed by atoms with Crippen LogP contribution < -0.4 is 21.1 Å². The molecule has 45 heavy (non-hydrogen) atoms. The minimum atomic E-state index is -4.26. The van der Waals surface area contributed by atoms with E-state index in [1.165, 1.54) is 14.0 Å². The van der Waals surface area contributed by atoms with Crippen LogP contribution in [-0.4, -0.2) is 85.1 Å². The normalized spacial score (nSPS) is 23.9. The number of rotatable bonds is 14. The number of piperidine rings is 1. The molecule has 0 aromatic heterocycles. The van der Waals surface area contributed by atoms with Gasteiger partial charge in [0, 0.05) is 6.42 Å². The lowest BCUT2D eigenvalue weighted by atomic mass is 9.69. The Morgan fingerprint density at radius 1 is 1.09 bits per heavy atom. The van der Waals surface area contributed by atoms with E-state index in [4.69, 9.17) is 15.2 Å². The number of epoxide rings is 1. The molecule has 1 aromatic rings. The van der Waals surface area contributed by atoms with Crippen LogP contribution in [0.25, 0.3) is 0 Å². The summed E-state index contributed by atoms with van der Waals surface area (Å²) in [6, 6.07) is 5.77. The van der Waals surface area contributed by atoms with Crippen molar-refractivity contribution in [1.82, 2.24) is 15.5 Å². The number of hydrogen-bond acceptors (Lipinski definition) is 7. The lowest BCUT2D eigenvalue weighted by Gasteiger charge is -2.41. The quantitative estimate of drug-likeness (QED) is 0.266. The van der Waals surface area contributed by atoms with Crippen molar-refractivity contribution in [3.8, 4) is 5.75 Å². The molecule has 4 N–H and O–H groups in total. The SMILES string of the molecule is COc1ccc(CC(NC(=O)[C@H](C)NC(=O)CN2CCC(C(F)(F)F)CC2)(C(N)=O)[C@H](CC2CCCC2)C(=O)[C@@]2(C)CO2)cc1. The number of likely N-dealkylation sites (tertiary alicyclic amines) is 1. The summed E-state index contributed by atoms with van der Waals surface area (Å²) in [7, 11) is 1.52. The molecule has 2 heterocycles. The third-order valence-electron chi connectivity index (χ3n) is 9.67. The van der Waals surface area contributed by atoms with E-state index >= 15 is 0 Å². The molecule has 1 unspecified atom stereocenters. The van der Waals surface area contributed by atoms with Crippen LogP contribution in [-0.2, 0) is 30.3 Å². The van der Waals surface area contributed by atoms with Crippen molar-refractivity contribution in [3.63, 3.8) is 0 Å². The number of ether oxygens (including phenoxy) is 2. The van der Waals surface area contributed by atoms with Crippen molar-refractivity contribution in [1.29, 1.82) is 0 Å². The van der Waals surface area contributed by atoms with Crippen LogP contribution in [0.5, 0.6) is 5.75 Å². The van der Waals surface area contributed by atoms with Gasteiger partial charge in [-0.15, -0.1) is 0 Å². The van der Waals surface area contributed by atoms with Crippen LogP contribution in [0, 0.1) is 17.8 Å². The van der Waals surface area contributed by atoms with Crippen molar-refractivity contribution >= 4 is 23.5 Å². The first-order valence-electron chi connectivity index (χ1n) is 15.7. The third-order valence-corrected chi connectivity index (χ3v) is 9.67. The first-order valence-corrected chi connectivity index (χ1v) is 15.7.